The van der Waals surface area contributed by atoms with Gasteiger partial charge in [0.2, 0.25) is 0 Å². The second kappa shape index (κ2) is 4.81. The Morgan fingerprint density at radius 3 is 2.68 bits per heavy atom. The molecule has 0 atom stereocenters. The fourth-order valence-electron chi connectivity index (χ4n) is 2.72. The summed E-state index contributed by atoms with van der Waals surface area (Å²) in [6, 6.07) is 16.5. The van der Waals surface area contributed by atoms with Crippen LogP contribution in [0.5, 0.6) is 0 Å². The van der Waals surface area contributed by atoms with Gasteiger partial charge in [0, 0.05) is 13.1 Å². The Kier molecular flexibility index (Phi) is 3.00. The smallest absolute Gasteiger partial charge is 0.0636 e. The number of anilines is 2. The number of nitrogens with two attached hydrogens (primary N) is 1. The van der Waals surface area contributed by atoms with E-state index in [4.69, 9.17) is 5.73 Å². The van der Waals surface area contributed by atoms with Gasteiger partial charge < -0.3 is 10.6 Å². The summed E-state index contributed by atoms with van der Waals surface area (Å²) in [6.07, 6.45) is 1.07. The second-order valence-electron chi connectivity index (χ2n) is 5.00. The normalized spacial score (nSPS) is 13.4. The number of hydrogen-bond donors (Lipinski definition) is 1. The third-order valence-corrected chi connectivity index (χ3v) is 3.68. The number of nitrogens with zero attached hydrogens (tertiary/aromatic N) is 1. The average Bonchev–Trinajstić information content (AvgIpc) is 2.84. The fraction of sp³-hybridized carbons (Fsp3) is 0.176. The predicted molar refractivity (Wildman–Crippen MR) is 82.2 cm³/mol. The van der Waals surface area contributed by atoms with E-state index in [1.807, 2.05) is 30.3 Å². The van der Waals surface area contributed by atoms with E-state index in [1.165, 1.54) is 16.8 Å². The first-order valence-corrected chi connectivity index (χ1v) is 6.61. The van der Waals surface area contributed by atoms with Crippen molar-refractivity contribution < 1.29 is 0 Å². The molecule has 1 aliphatic rings. The molecular weight excluding hydrogens is 232 g/mol. The Morgan fingerprint density at radius 1 is 1.11 bits per heavy atom. The van der Waals surface area contributed by atoms with E-state index < -0.39 is 0 Å². The average molecular weight is 250 g/mol. The van der Waals surface area contributed by atoms with Crippen LogP contribution in [0.4, 0.5) is 11.4 Å². The third-order valence-electron chi connectivity index (χ3n) is 3.68. The van der Waals surface area contributed by atoms with Crippen LogP contribution in [0.2, 0.25) is 0 Å². The molecule has 2 heteroatoms. The van der Waals surface area contributed by atoms with Crippen molar-refractivity contribution >= 4 is 16.9 Å². The van der Waals surface area contributed by atoms with Crippen LogP contribution in [0.15, 0.2) is 55.1 Å². The molecule has 1 aliphatic heterocycles. The molecule has 19 heavy (non-hydrogen) atoms. The van der Waals surface area contributed by atoms with Crippen molar-refractivity contribution in [3.05, 3.63) is 66.2 Å². The maximum atomic E-state index is 6.11. The highest BCUT2D eigenvalue weighted by molar-refractivity contribution is 5.77. The zero-order valence-corrected chi connectivity index (χ0v) is 11.0. The lowest BCUT2D eigenvalue weighted by atomic mass is 10.1. The number of fused-ring (bicyclic) bond motifs is 1. The zero-order valence-electron chi connectivity index (χ0n) is 11.0. The molecule has 0 bridgehead atoms. The molecule has 0 aliphatic carbocycles. The summed E-state index contributed by atoms with van der Waals surface area (Å²) in [5.41, 5.74) is 11.9. The van der Waals surface area contributed by atoms with Gasteiger partial charge in [-0.3, -0.25) is 0 Å². The molecule has 0 aromatic heterocycles. The number of nitrogen functional groups attached to an aromatic ring is 1. The van der Waals surface area contributed by atoms with Gasteiger partial charge in [0.05, 0.1) is 11.4 Å². The van der Waals surface area contributed by atoms with E-state index in [0.717, 1.165) is 30.8 Å². The minimum Gasteiger partial charge on any atom is -0.397 e. The molecule has 2 aromatic carbocycles. The van der Waals surface area contributed by atoms with Gasteiger partial charge in [-0.05, 0) is 29.2 Å². The van der Waals surface area contributed by atoms with Crippen molar-refractivity contribution in [2.45, 2.75) is 6.42 Å². The van der Waals surface area contributed by atoms with Crippen LogP contribution >= 0.6 is 0 Å². The van der Waals surface area contributed by atoms with E-state index in [2.05, 4.69) is 29.7 Å². The Hall–Kier alpha value is -2.22. The first kappa shape index (κ1) is 11.8. The Morgan fingerprint density at radius 2 is 1.89 bits per heavy atom. The molecule has 0 radical (unpaired) electrons. The van der Waals surface area contributed by atoms with E-state index >= 15 is 0 Å². The molecule has 0 spiro atoms. The summed E-state index contributed by atoms with van der Waals surface area (Å²) in [7, 11) is 0. The van der Waals surface area contributed by atoms with E-state index in [9.17, 15) is 0 Å². The highest BCUT2D eigenvalue weighted by Crippen LogP contribution is 2.34. The Bertz CT molecular complexity index is 602. The molecule has 0 amide bonds. The van der Waals surface area contributed by atoms with Crippen molar-refractivity contribution in [2.75, 3.05) is 23.7 Å². The predicted octanol–water partition coefficient (Wildman–Crippen LogP) is 3.34. The quantitative estimate of drug-likeness (QED) is 0.846. The molecule has 3 rings (SSSR count). The summed E-state index contributed by atoms with van der Waals surface area (Å²) >= 11 is 0. The summed E-state index contributed by atoms with van der Waals surface area (Å²) in [6.45, 7) is 6.07. The van der Waals surface area contributed by atoms with E-state index in [-0.39, 0.29) is 0 Å². The largest absolute Gasteiger partial charge is 0.397 e. The van der Waals surface area contributed by atoms with Gasteiger partial charge in [0.15, 0.2) is 0 Å². The SMILES string of the molecule is C=C(CN1CCc2cccc(N)c21)c1ccccc1. The second-order valence-corrected chi connectivity index (χ2v) is 5.00. The van der Waals surface area contributed by atoms with Gasteiger partial charge in [-0.25, -0.2) is 0 Å². The van der Waals surface area contributed by atoms with Crippen LogP contribution < -0.4 is 10.6 Å². The maximum absolute atomic E-state index is 6.11. The molecular formula is C17H18N2. The molecule has 96 valence electrons. The van der Waals surface area contributed by atoms with E-state index in [1.54, 1.807) is 0 Å². The summed E-state index contributed by atoms with van der Waals surface area (Å²) in [5, 5.41) is 0. The standard InChI is InChI=1S/C17H18N2/c1-13(14-6-3-2-4-7-14)12-19-11-10-15-8-5-9-16(18)17(15)19/h2-9H,1,10-12,18H2. The van der Waals surface area contributed by atoms with Gasteiger partial charge in [-0.2, -0.15) is 0 Å². The van der Waals surface area contributed by atoms with Crippen molar-refractivity contribution in [3.63, 3.8) is 0 Å². The molecule has 1 heterocycles. The van der Waals surface area contributed by atoms with Crippen molar-refractivity contribution in [3.8, 4) is 0 Å². The molecule has 2 nitrogen and oxygen atoms in total. The van der Waals surface area contributed by atoms with Crippen LogP contribution in [0, 0.1) is 0 Å². The minimum atomic E-state index is 0.839. The van der Waals surface area contributed by atoms with Crippen molar-refractivity contribution in [1.82, 2.24) is 0 Å². The van der Waals surface area contributed by atoms with Crippen LogP contribution in [-0.2, 0) is 6.42 Å². The van der Waals surface area contributed by atoms with E-state index in [0.29, 0.717) is 0 Å². The van der Waals surface area contributed by atoms with Crippen LogP contribution in [0.25, 0.3) is 5.57 Å². The van der Waals surface area contributed by atoms with Gasteiger partial charge >= 0.3 is 0 Å². The monoisotopic (exact) mass is 250 g/mol. The topological polar surface area (TPSA) is 29.3 Å². The van der Waals surface area contributed by atoms with Crippen LogP contribution in [0.1, 0.15) is 11.1 Å². The van der Waals surface area contributed by atoms with Crippen LogP contribution in [-0.4, -0.2) is 13.1 Å². The van der Waals surface area contributed by atoms with Crippen molar-refractivity contribution in [1.29, 1.82) is 0 Å². The summed E-state index contributed by atoms with van der Waals surface area (Å²) < 4.78 is 0. The lowest BCUT2D eigenvalue weighted by Gasteiger charge is -2.22. The zero-order chi connectivity index (χ0) is 13.2. The minimum absolute atomic E-state index is 0.839. The highest BCUT2D eigenvalue weighted by Gasteiger charge is 2.21. The van der Waals surface area contributed by atoms with Crippen molar-refractivity contribution in [2.24, 2.45) is 0 Å². The molecule has 0 saturated carbocycles. The molecule has 2 aromatic rings. The molecule has 0 fully saturated rings. The molecule has 2 N–H and O–H groups in total. The number of hydrogen-bond acceptors (Lipinski definition) is 2. The van der Waals surface area contributed by atoms with Crippen LogP contribution in [0.3, 0.4) is 0 Å². The lowest BCUT2D eigenvalue weighted by molar-refractivity contribution is 0.912. The number of rotatable bonds is 3. The van der Waals surface area contributed by atoms with Gasteiger partial charge in [0.1, 0.15) is 0 Å². The molecule has 0 saturated heterocycles. The summed E-state index contributed by atoms with van der Waals surface area (Å²) in [5.74, 6) is 0. The van der Waals surface area contributed by atoms with Gasteiger partial charge in [-0.1, -0.05) is 49.0 Å². The number of benzene rings is 2. The Labute approximate surface area is 114 Å². The lowest BCUT2D eigenvalue weighted by Crippen LogP contribution is -2.23. The highest BCUT2D eigenvalue weighted by atomic mass is 15.2. The van der Waals surface area contributed by atoms with Gasteiger partial charge in [-0.15, -0.1) is 0 Å². The summed E-state index contributed by atoms with van der Waals surface area (Å²) in [4.78, 5) is 2.33. The third kappa shape index (κ3) is 2.22. The Balaban J connectivity index is 1.82. The first-order valence-electron chi connectivity index (χ1n) is 6.61. The fourth-order valence-corrected chi connectivity index (χ4v) is 2.72. The first-order chi connectivity index (χ1) is 9.25. The number of para-hydroxylation sites is 1. The molecule has 0 unspecified atom stereocenters. The van der Waals surface area contributed by atoms with Gasteiger partial charge in [0.25, 0.3) is 0 Å². The maximum Gasteiger partial charge on any atom is 0.0636 e.